The van der Waals surface area contributed by atoms with Crippen molar-refractivity contribution in [3.8, 4) is 28.7 Å². The van der Waals surface area contributed by atoms with Gasteiger partial charge >= 0.3 is 0 Å². The Morgan fingerprint density at radius 1 is 0.578 bits per heavy atom. The number of aromatic nitrogens is 1. The Morgan fingerprint density at radius 3 is 1.82 bits per heavy atom. The van der Waals surface area contributed by atoms with Crippen molar-refractivity contribution in [2.75, 3.05) is 21.3 Å². The van der Waals surface area contributed by atoms with E-state index in [1.54, 1.807) is 21.3 Å². The number of methoxy groups -OCH3 is 3. The molecule has 6 aromatic carbocycles. The molecule has 5 nitrogen and oxygen atoms in total. The fourth-order valence-corrected chi connectivity index (χ4v) is 6.75. The Balaban J connectivity index is 1.48. The van der Waals surface area contributed by atoms with Crippen LogP contribution in [0.4, 0.5) is 0 Å². The van der Waals surface area contributed by atoms with Crippen molar-refractivity contribution in [2.24, 2.45) is 0 Å². The van der Waals surface area contributed by atoms with Gasteiger partial charge in [0, 0.05) is 44.6 Å². The predicted molar refractivity (Wildman–Crippen MR) is 181 cm³/mol. The van der Waals surface area contributed by atoms with Gasteiger partial charge < -0.3 is 23.5 Å². The molecule has 0 saturated carbocycles. The van der Waals surface area contributed by atoms with Gasteiger partial charge in [0.15, 0.2) is 5.60 Å². The summed E-state index contributed by atoms with van der Waals surface area (Å²) in [6.07, 6.45) is 4.42. The Kier molecular flexibility index (Phi) is 6.27. The number of para-hydroxylation sites is 1. The minimum absolute atomic E-state index is 0.791. The Morgan fingerprint density at radius 2 is 1.18 bits per heavy atom. The van der Waals surface area contributed by atoms with Crippen LogP contribution in [0.1, 0.15) is 16.7 Å². The van der Waals surface area contributed by atoms with E-state index in [0.29, 0.717) is 0 Å². The van der Waals surface area contributed by atoms with Crippen LogP contribution >= 0.6 is 0 Å². The van der Waals surface area contributed by atoms with Gasteiger partial charge in [-0.05, 0) is 60.0 Å². The molecular formula is C40H31NO4. The van der Waals surface area contributed by atoms with Crippen molar-refractivity contribution >= 4 is 38.7 Å². The van der Waals surface area contributed by atoms with Gasteiger partial charge in [-0.3, -0.25) is 0 Å². The molecular weight excluding hydrogens is 558 g/mol. The molecule has 0 fully saturated rings. The molecule has 0 saturated heterocycles. The fraction of sp³-hybridized carbons (Fsp3) is 0.100. The number of rotatable bonds is 6. The van der Waals surface area contributed by atoms with Crippen LogP contribution in [-0.4, -0.2) is 25.9 Å². The zero-order chi connectivity index (χ0) is 30.5. The van der Waals surface area contributed by atoms with Gasteiger partial charge in [0.25, 0.3) is 0 Å². The normalized spacial score (nSPS) is 13.5. The summed E-state index contributed by atoms with van der Waals surface area (Å²) in [6.45, 7) is 0. The molecule has 2 heterocycles. The first kappa shape index (κ1) is 26.9. The van der Waals surface area contributed by atoms with E-state index in [-0.39, 0.29) is 0 Å². The predicted octanol–water partition coefficient (Wildman–Crippen LogP) is 9.31. The zero-order valence-electron chi connectivity index (χ0n) is 25.3. The van der Waals surface area contributed by atoms with Crippen molar-refractivity contribution in [1.82, 2.24) is 4.57 Å². The van der Waals surface area contributed by atoms with E-state index in [2.05, 4.69) is 102 Å². The second kappa shape index (κ2) is 10.5. The maximum atomic E-state index is 7.39. The van der Waals surface area contributed by atoms with Crippen molar-refractivity contribution in [3.05, 3.63) is 144 Å². The minimum Gasteiger partial charge on any atom is -0.497 e. The molecule has 0 radical (unpaired) electrons. The lowest BCUT2D eigenvalue weighted by Gasteiger charge is -2.37. The fourth-order valence-electron chi connectivity index (χ4n) is 6.75. The number of nitrogens with zero attached hydrogens (tertiary/aromatic N) is 1. The molecule has 1 aliphatic rings. The van der Waals surface area contributed by atoms with Crippen LogP contribution in [0.25, 0.3) is 44.3 Å². The lowest BCUT2D eigenvalue weighted by Crippen LogP contribution is -2.34. The number of benzene rings is 6. The molecule has 0 atom stereocenters. The van der Waals surface area contributed by atoms with Gasteiger partial charge in [0.05, 0.1) is 32.4 Å². The summed E-state index contributed by atoms with van der Waals surface area (Å²) < 4.78 is 26.4. The Hall–Kier alpha value is -5.68. The van der Waals surface area contributed by atoms with Gasteiger partial charge in [0.1, 0.15) is 23.0 Å². The first-order valence-electron chi connectivity index (χ1n) is 14.9. The summed E-state index contributed by atoms with van der Waals surface area (Å²) in [7, 11) is 5.06. The van der Waals surface area contributed by atoms with Gasteiger partial charge in [-0.25, -0.2) is 0 Å². The average molecular weight is 590 g/mol. The van der Waals surface area contributed by atoms with E-state index in [0.717, 1.165) is 67.2 Å². The maximum absolute atomic E-state index is 7.39. The van der Waals surface area contributed by atoms with Crippen LogP contribution in [0, 0.1) is 0 Å². The molecule has 0 bridgehead atoms. The third-order valence-electron chi connectivity index (χ3n) is 8.91. The second-order valence-electron chi connectivity index (χ2n) is 11.2. The highest BCUT2D eigenvalue weighted by molar-refractivity contribution is 6.25. The van der Waals surface area contributed by atoms with E-state index < -0.39 is 5.60 Å². The summed E-state index contributed by atoms with van der Waals surface area (Å²) >= 11 is 0. The molecule has 0 unspecified atom stereocenters. The standard InChI is InChI=1S/C40H31NO4/c1-42-29-19-15-26(16-20-29)40(27-17-21-30(43-2)22-18-27)24-23-35-38-37(32-11-4-5-12-33(32)39(35)45-40)34-13-6-7-14-36(34)41(38)28-9-8-10-31(25-28)44-3/h4-25H,1-3H3. The number of ether oxygens (including phenoxy) is 4. The van der Waals surface area contributed by atoms with E-state index in [4.69, 9.17) is 18.9 Å². The largest absolute Gasteiger partial charge is 0.497 e. The minimum atomic E-state index is -0.894. The summed E-state index contributed by atoms with van der Waals surface area (Å²) in [5.41, 5.74) is 5.35. The molecule has 0 N–H and O–H groups in total. The van der Waals surface area contributed by atoms with E-state index in [1.165, 1.54) is 10.8 Å². The van der Waals surface area contributed by atoms with Crippen molar-refractivity contribution in [1.29, 1.82) is 0 Å². The smallest absolute Gasteiger partial charge is 0.178 e. The van der Waals surface area contributed by atoms with Gasteiger partial charge in [-0.15, -0.1) is 0 Å². The molecule has 8 rings (SSSR count). The molecule has 1 aromatic heterocycles. The van der Waals surface area contributed by atoms with Crippen LogP contribution in [0.2, 0.25) is 0 Å². The van der Waals surface area contributed by atoms with Gasteiger partial charge in [-0.2, -0.15) is 0 Å². The molecule has 7 aromatic rings. The lowest BCUT2D eigenvalue weighted by molar-refractivity contribution is 0.163. The molecule has 0 spiro atoms. The first-order valence-corrected chi connectivity index (χ1v) is 14.9. The summed E-state index contributed by atoms with van der Waals surface area (Å²) in [5.74, 6) is 3.22. The zero-order valence-corrected chi connectivity index (χ0v) is 25.3. The van der Waals surface area contributed by atoms with Gasteiger partial charge in [0.2, 0.25) is 0 Å². The highest BCUT2D eigenvalue weighted by Crippen LogP contribution is 2.51. The molecule has 0 amide bonds. The van der Waals surface area contributed by atoms with Crippen molar-refractivity contribution in [2.45, 2.75) is 5.60 Å². The average Bonchev–Trinajstić information content (AvgIpc) is 3.47. The number of fused-ring (bicyclic) bond motifs is 8. The van der Waals surface area contributed by atoms with Crippen LogP contribution in [-0.2, 0) is 5.60 Å². The van der Waals surface area contributed by atoms with Crippen LogP contribution in [0.5, 0.6) is 23.0 Å². The molecule has 1 aliphatic heterocycles. The monoisotopic (exact) mass is 589 g/mol. The number of hydrogen-bond acceptors (Lipinski definition) is 4. The Labute approximate surface area is 261 Å². The highest BCUT2D eigenvalue weighted by atomic mass is 16.5. The van der Waals surface area contributed by atoms with E-state index in [1.807, 2.05) is 36.4 Å². The SMILES string of the molecule is COc1ccc(C2(c3ccc(OC)cc3)C=Cc3c(c4ccccc4c4c5ccccc5n(-c5cccc(OC)c5)c34)O2)cc1. The summed E-state index contributed by atoms with van der Waals surface area (Å²) in [6, 6.07) is 41.6. The molecule has 5 heteroatoms. The maximum Gasteiger partial charge on any atom is 0.178 e. The molecule has 45 heavy (non-hydrogen) atoms. The first-order chi connectivity index (χ1) is 22.1. The van der Waals surface area contributed by atoms with Crippen LogP contribution < -0.4 is 18.9 Å². The van der Waals surface area contributed by atoms with Gasteiger partial charge in [-0.1, -0.05) is 72.8 Å². The van der Waals surface area contributed by atoms with Crippen LogP contribution in [0.3, 0.4) is 0 Å². The second-order valence-corrected chi connectivity index (χ2v) is 11.2. The van der Waals surface area contributed by atoms with Crippen LogP contribution in [0.15, 0.2) is 127 Å². The van der Waals surface area contributed by atoms with E-state index in [9.17, 15) is 0 Å². The summed E-state index contributed by atoms with van der Waals surface area (Å²) in [4.78, 5) is 0. The summed E-state index contributed by atoms with van der Waals surface area (Å²) in [5, 5.41) is 4.57. The molecule has 220 valence electrons. The van der Waals surface area contributed by atoms with E-state index >= 15 is 0 Å². The third-order valence-corrected chi connectivity index (χ3v) is 8.91. The topological polar surface area (TPSA) is 41.9 Å². The van der Waals surface area contributed by atoms with Crippen molar-refractivity contribution in [3.63, 3.8) is 0 Å². The van der Waals surface area contributed by atoms with Crippen molar-refractivity contribution < 1.29 is 18.9 Å². The Bertz CT molecular complexity index is 2200. The lowest BCUT2D eigenvalue weighted by atomic mass is 9.82. The molecule has 0 aliphatic carbocycles. The number of hydrogen-bond donors (Lipinski definition) is 0. The highest BCUT2D eigenvalue weighted by Gasteiger charge is 2.39. The quantitative estimate of drug-likeness (QED) is 0.194. The third kappa shape index (κ3) is 4.08.